The maximum absolute atomic E-state index is 14.0. The van der Waals surface area contributed by atoms with Crippen molar-refractivity contribution < 1.29 is 4.39 Å². The molecule has 1 nitrogen and oxygen atoms in total. The molecule has 0 saturated heterocycles. The number of thiophene rings is 1. The molecule has 0 amide bonds. The van der Waals surface area contributed by atoms with Gasteiger partial charge in [0.15, 0.2) is 0 Å². The van der Waals surface area contributed by atoms with Gasteiger partial charge in [0, 0.05) is 19.8 Å². The van der Waals surface area contributed by atoms with Gasteiger partial charge in [-0.05, 0) is 48.0 Å². The predicted octanol–water partition coefficient (Wildman–Crippen LogP) is 5.05. The van der Waals surface area contributed by atoms with E-state index in [9.17, 15) is 4.39 Å². The maximum Gasteiger partial charge on any atom is 0.128 e. The van der Waals surface area contributed by atoms with Gasteiger partial charge >= 0.3 is 0 Å². The zero-order valence-corrected chi connectivity index (χ0v) is 13.4. The first-order chi connectivity index (χ1) is 9.13. The van der Waals surface area contributed by atoms with Gasteiger partial charge in [-0.25, -0.2) is 4.39 Å². The molecule has 2 rings (SSSR count). The Morgan fingerprint density at radius 3 is 2.68 bits per heavy atom. The van der Waals surface area contributed by atoms with Crippen LogP contribution in [0.4, 0.5) is 4.39 Å². The van der Waals surface area contributed by atoms with Crippen molar-refractivity contribution in [2.75, 3.05) is 6.54 Å². The van der Waals surface area contributed by atoms with Crippen LogP contribution in [0.1, 0.15) is 34.7 Å². The van der Waals surface area contributed by atoms with Gasteiger partial charge in [-0.15, -0.1) is 11.3 Å². The Balaban J connectivity index is 2.41. The molecule has 0 fully saturated rings. The normalized spacial score (nSPS) is 12.6. The van der Waals surface area contributed by atoms with Gasteiger partial charge in [0.2, 0.25) is 0 Å². The number of halogens is 2. The van der Waals surface area contributed by atoms with Crippen LogP contribution < -0.4 is 5.32 Å². The summed E-state index contributed by atoms with van der Waals surface area (Å²) in [4.78, 5) is 2.36. The highest BCUT2D eigenvalue weighted by Gasteiger charge is 2.21. The summed E-state index contributed by atoms with van der Waals surface area (Å²) in [6.45, 7) is 5.04. The first-order valence-corrected chi connectivity index (χ1v) is 7.98. The van der Waals surface area contributed by atoms with Crippen LogP contribution in [0.15, 0.2) is 34.8 Å². The molecule has 4 heteroatoms. The average molecular weight is 342 g/mol. The zero-order valence-electron chi connectivity index (χ0n) is 11.0. The third-order valence-electron chi connectivity index (χ3n) is 2.91. The Hall–Kier alpha value is -0.710. The lowest BCUT2D eigenvalue weighted by molar-refractivity contribution is 0.550. The zero-order chi connectivity index (χ0) is 13.8. The van der Waals surface area contributed by atoms with Gasteiger partial charge in [-0.1, -0.05) is 25.1 Å². The van der Waals surface area contributed by atoms with E-state index >= 15 is 0 Å². The lowest BCUT2D eigenvalue weighted by Crippen LogP contribution is -2.23. The summed E-state index contributed by atoms with van der Waals surface area (Å²) in [5, 5.41) is 3.44. The first-order valence-electron chi connectivity index (χ1n) is 6.37. The van der Waals surface area contributed by atoms with Crippen molar-refractivity contribution in [1.82, 2.24) is 5.32 Å². The van der Waals surface area contributed by atoms with Crippen molar-refractivity contribution >= 4 is 27.3 Å². The van der Waals surface area contributed by atoms with Crippen LogP contribution in [0, 0.1) is 12.7 Å². The molecule has 2 aromatic rings. The van der Waals surface area contributed by atoms with E-state index in [-0.39, 0.29) is 11.9 Å². The highest BCUT2D eigenvalue weighted by molar-refractivity contribution is 9.10. The SMILES string of the molecule is CCCNC(c1ccccc1F)c1sc(C)cc1Br. The standard InChI is InChI=1S/C15H17BrFNS/c1-3-8-18-14(11-6-4-5-7-13(11)17)15-12(16)9-10(2)19-15/h4-7,9,14,18H,3,8H2,1-2H3. The summed E-state index contributed by atoms with van der Waals surface area (Å²) in [6.07, 6.45) is 1.02. The molecular weight excluding hydrogens is 325 g/mol. The molecule has 0 aliphatic heterocycles. The second-order valence-electron chi connectivity index (χ2n) is 4.48. The minimum Gasteiger partial charge on any atom is -0.305 e. The first kappa shape index (κ1) is 14.7. The van der Waals surface area contributed by atoms with Crippen molar-refractivity contribution in [2.45, 2.75) is 26.3 Å². The molecule has 1 atom stereocenters. The second kappa shape index (κ2) is 6.64. The summed E-state index contributed by atoms with van der Waals surface area (Å²) in [6, 6.07) is 8.97. The smallest absolute Gasteiger partial charge is 0.128 e. The molecule has 19 heavy (non-hydrogen) atoms. The van der Waals surface area contributed by atoms with Crippen molar-refractivity contribution in [3.05, 3.63) is 55.9 Å². The van der Waals surface area contributed by atoms with E-state index in [1.54, 1.807) is 17.4 Å². The Kier molecular flexibility index (Phi) is 5.13. The van der Waals surface area contributed by atoms with E-state index in [0.29, 0.717) is 5.56 Å². The van der Waals surface area contributed by atoms with Crippen LogP contribution in [0.25, 0.3) is 0 Å². The van der Waals surface area contributed by atoms with Gasteiger partial charge < -0.3 is 5.32 Å². The summed E-state index contributed by atoms with van der Waals surface area (Å²) in [5.74, 6) is -0.158. The Bertz CT molecular complexity index is 553. The highest BCUT2D eigenvalue weighted by atomic mass is 79.9. The van der Waals surface area contributed by atoms with Gasteiger partial charge in [0.1, 0.15) is 5.82 Å². The van der Waals surface area contributed by atoms with Crippen LogP contribution in [0.5, 0.6) is 0 Å². The Labute approximate surface area is 126 Å². The summed E-state index contributed by atoms with van der Waals surface area (Å²) in [7, 11) is 0. The summed E-state index contributed by atoms with van der Waals surface area (Å²) >= 11 is 5.28. The van der Waals surface area contributed by atoms with Crippen LogP contribution >= 0.6 is 27.3 Å². The van der Waals surface area contributed by atoms with E-state index < -0.39 is 0 Å². The second-order valence-corrected chi connectivity index (χ2v) is 6.62. The fraction of sp³-hybridized carbons (Fsp3) is 0.333. The number of hydrogen-bond acceptors (Lipinski definition) is 2. The Morgan fingerprint density at radius 2 is 2.11 bits per heavy atom. The lowest BCUT2D eigenvalue weighted by Gasteiger charge is -2.19. The maximum atomic E-state index is 14.0. The number of hydrogen-bond donors (Lipinski definition) is 1. The molecule has 0 spiro atoms. The van der Waals surface area contributed by atoms with E-state index in [1.807, 2.05) is 12.1 Å². The molecule has 0 radical (unpaired) electrons. The average Bonchev–Trinajstić information content (AvgIpc) is 2.71. The number of rotatable bonds is 5. The van der Waals surface area contributed by atoms with Gasteiger partial charge in [0.05, 0.1) is 6.04 Å². The topological polar surface area (TPSA) is 12.0 Å². The molecule has 1 heterocycles. The van der Waals surface area contributed by atoms with Crippen molar-refractivity contribution in [2.24, 2.45) is 0 Å². The van der Waals surface area contributed by atoms with Crippen LogP contribution in [-0.2, 0) is 0 Å². The summed E-state index contributed by atoms with van der Waals surface area (Å²) < 4.78 is 15.1. The fourth-order valence-corrected chi connectivity index (χ4v) is 4.01. The van der Waals surface area contributed by atoms with E-state index in [4.69, 9.17) is 0 Å². The predicted molar refractivity (Wildman–Crippen MR) is 83.3 cm³/mol. The minimum absolute atomic E-state index is 0.0887. The van der Waals surface area contributed by atoms with E-state index in [1.165, 1.54) is 10.9 Å². The molecule has 1 N–H and O–H groups in total. The molecule has 1 aromatic heterocycles. The fourth-order valence-electron chi connectivity index (χ4n) is 2.04. The van der Waals surface area contributed by atoms with Crippen molar-refractivity contribution in [1.29, 1.82) is 0 Å². The summed E-state index contributed by atoms with van der Waals surface area (Å²) in [5.41, 5.74) is 0.707. The van der Waals surface area contributed by atoms with Crippen LogP contribution in [-0.4, -0.2) is 6.54 Å². The molecule has 102 valence electrons. The van der Waals surface area contributed by atoms with Gasteiger partial charge in [-0.2, -0.15) is 0 Å². The molecule has 0 bridgehead atoms. The van der Waals surface area contributed by atoms with Crippen LogP contribution in [0.2, 0.25) is 0 Å². The van der Waals surface area contributed by atoms with E-state index in [0.717, 1.165) is 22.3 Å². The highest BCUT2D eigenvalue weighted by Crippen LogP contribution is 2.36. The van der Waals surface area contributed by atoms with Crippen molar-refractivity contribution in [3.63, 3.8) is 0 Å². The quantitative estimate of drug-likeness (QED) is 0.802. The van der Waals surface area contributed by atoms with Gasteiger partial charge in [-0.3, -0.25) is 0 Å². The largest absolute Gasteiger partial charge is 0.305 e. The lowest BCUT2D eigenvalue weighted by atomic mass is 10.0. The molecule has 1 aromatic carbocycles. The Morgan fingerprint density at radius 1 is 1.37 bits per heavy atom. The number of nitrogens with one attached hydrogen (secondary N) is 1. The van der Waals surface area contributed by atoms with Gasteiger partial charge in [0.25, 0.3) is 0 Å². The third-order valence-corrected chi connectivity index (χ3v) is 4.95. The number of benzene rings is 1. The van der Waals surface area contributed by atoms with Crippen LogP contribution in [0.3, 0.4) is 0 Å². The molecule has 1 unspecified atom stereocenters. The minimum atomic E-state index is -0.158. The third kappa shape index (κ3) is 3.44. The van der Waals surface area contributed by atoms with E-state index in [2.05, 4.69) is 41.2 Å². The molecule has 0 aliphatic carbocycles. The molecule has 0 saturated carbocycles. The monoisotopic (exact) mass is 341 g/mol. The molecular formula is C15H17BrFNS. The molecule has 0 aliphatic rings. The van der Waals surface area contributed by atoms with Crippen molar-refractivity contribution in [3.8, 4) is 0 Å². The number of aryl methyl sites for hydroxylation is 1.